The van der Waals surface area contributed by atoms with E-state index >= 15 is 0 Å². The molecule has 0 N–H and O–H groups in total. The van der Waals surface area contributed by atoms with E-state index in [0.717, 1.165) is 27.9 Å². The van der Waals surface area contributed by atoms with Crippen LogP contribution in [0.15, 0.2) is 53.6 Å². The van der Waals surface area contributed by atoms with Crippen molar-refractivity contribution >= 4 is 0 Å². The number of nitrogens with zero attached hydrogens (tertiary/aromatic N) is 3. The van der Waals surface area contributed by atoms with Gasteiger partial charge in [-0.25, -0.2) is 0 Å². The van der Waals surface area contributed by atoms with Crippen LogP contribution in [0, 0.1) is 6.92 Å². The first kappa shape index (κ1) is 13.4. The van der Waals surface area contributed by atoms with E-state index in [1.54, 1.807) is 22.4 Å². The first-order valence-corrected chi connectivity index (χ1v) is 6.83. The highest BCUT2D eigenvalue weighted by atomic mass is 16.1. The fourth-order valence-electron chi connectivity index (χ4n) is 2.57. The molecule has 3 aromatic rings. The molecule has 0 spiro atoms. The van der Waals surface area contributed by atoms with Crippen LogP contribution in [0.5, 0.6) is 0 Å². The highest BCUT2D eigenvalue weighted by Crippen LogP contribution is 2.32. The van der Waals surface area contributed by atoms with Crippen LogP contribution in [-0.4, -0.2) is 14.3 Å². The Kier molecular flexibility index (Phi) is 3.22. The molecule has 2 aromatic heterocycles. The molecule has 0 bridgehead atoms. The molecule has 0 saturated heterocycles. The molecule has 0 amide bonds. The van der Waals surface area contributed by atoms with Gasteiger partial charge in [0.1, 0.15) is 0 Å². The average Bonchev–Trinajstić information content (AvgIpc) is 2.81. The molecule has 106 valence electrons. The Balaban J connectivity index is 2.32. The van der Waals surface area contributed by atoms with Crippen molar-refractivity contribution < 1.29 is 0 Å². The summed E-state index contributed by atoms with van der Waals surface area (Å²) in [5.41, 5.74) is 4.98. The first-order valence-electron chi connectivity index (χ1n) is 6.83. The Morgan fingerprint density at radius 2 is 1.67 bits per heavy atom. The van der Waals surface area contributed by atoms with Gasteiger partial charge >= 0.3 is 0 Å². The monoisotopic (exact) mass is 279 g/mol. The second-order valence-corrected chi connectivity index (χ2v) is 5.22. The minimum Gasteiger partial charge on any atom is -0.318 e. The van der Waals surface area contributed by atoms with Gasteiger partial charge in [0.25, 0.3) is 5.56 Å². The van der Waals surface area contributed by atoms with Crippen LogP contribution in [0.1, 0.15) is 5.69 Å². The lowest BCUT2D eigenvalue weighted by atomic mass is 9.97. The molecule has 2 heterocycles. The van der Waals surface area contributed by atoms with Crippen LogP contribution >= 0.6 is 0 Å². The van der Waals surface area contributed by atoms with Gasteiger partial charge in [-0.2, -0.15) is 5.10 Å². The lowest BCUT2D eigenvalue weighted by Gasteiger charge is -2.11. The van der Waals surface area contributed by atoms with E-state index in [0.29, 0.717) is 0 Å². The number of aryl methyl sites for hydroxylation is 3. The molecule has 1 aromatic carbocycles. The minimum atomic E-state index is -0.0147. The lowest BCUT2D eigenvalue weighted by molar-refractivity contribution is 0.756. The molecule has 21 heavy (non-hydrogen) atoms. The highest BCUT2D eigenvalue weighted by Gasteiger charge is 2.13. The zero-order valence-electron chi connectivity index (χ0n) is 12.4. The molecule has 0 saturated carbocycles. The third-order valence-corrected chi connectivity index (χ3v) is 3.62. The molecule has 0 aliphatic carbocycles. The lowest BCUT2D eigenvalue weighted by Crippen LogP contribution is -2.15. The summed E-state index contributed by atoms with van der Waals surface area (Å²) in [6.07, 6.45) is 3.87. The fourth-order valence-corrected chi connectivity index (χ4v) is 2.57. The van der Waals surface area contributed by atoms with Gasteiger partial charge in [0.15, 0.2) is 0 Å². The predicted molar refractivity (Wildman–Crippen MR) is 84.1 cm³/mol. The molecule has 0 aliphatic rings. The van der Waals surface area contributed by atoms with Crippen LogP contribution in [0.3, 0.4) is 0 Å². The second-order valence-electron chi connectivity index (χ2n) is 5.22. The van der Waals surface area contributed by atoms with Crippen molar-refractivity contribution in [1.82, 2.24) is 14.3 Å². The summed E-state index contributed by atoms with van der Waals surface area (Å²) >= 11 is 0. The second kappa shape index (κ2) is 5.05. The van der Waals surface area contributed by atoms with Gasteiger partial charge in [0.05, 0.1) is 5.69 Å². The van der Waals surface area contributed by atoms with Gasteiger partial charge in [-0.3, -0.25) is 9.48 Å². The maximum atomic E-state index is 12.0. The van der Waals surface area contributed by atoms with Crippen molar-refractivity contribution in [2.45, 2.75) is 6.92 Å². The van der Waals surface area contributed by atoms with E-state index in [1.807, 2.05) is 56.7 Å². The van der Waals surface area contributed by atoms with E-state index < -0.39 is 0 Å². The van der Waals surface area contributed by atoms with E-state index in [1.165, 1.54) is 0 Å². The maximum absolute atomic E-state index is 12.0. The third-order valence-electron chi connectivity index (χ3n) is 3.62. The number of hydrogen-bond donors (Lipinski definition) is 0. The van der Waals surface area contributed by atoms with Crippen molar-refractivity contribution in [2.75, 3.05) is 0 Å². The normalized spacial score (nSPS) is 10.8. The summed E-state index contributed by atoms with van der Waals surface area (Å²) in [7, 11) is 3.67. The predicted octanol–water partition coefficient (Wildman–Crippen LogP) is 2.76. The Bertz CT molecular complexity index is 844. The van der Waals surface area contributed by atoms with Gasteiger partial charge in [-0.15, -0.1) is 0 Å². The Morgan fingerprint density at radius 3 is 2.29 bits per heavy atom. The van der Waals surface area contributed by atoms with E-state index in [2.05, 4.69) is 5.10 Å². The number of benzene rings is 1. The number of hydrogen-bond acceptors (Lipinski definition) is 2. The van der Waals surface area contributed by atoms with Crippen LogP contribution in [0.2, 0.25) is 0 Å². The van der Waals surface area contributed by atoms with E-state index in [9.17, 15) is 4.79 Å². The molecule has 3 rings (SSSR count). The number of pyridine rings is 1. The quantitative estimate of drug-likeness (QED) is 0.723. The van der Waals surface area contributed by atoms with Crippen molar-refractivity contribution in [3.63, 3.8) is 0 Å². The van der Waals surface area contributed by atoms with Crippen molar-refractivity contribution in [2.24, 2.45) is 14.1 Å². The molecule has 0 fully saturated rings. The summed E-state index contributed by atoms with van der Waals surface area (Å²) in [4.78, 5) is 12.0. The van der Waals surface area contributed by atoms with Crippen LogP contribution < -0.4 is 5.56 Å². The molecule has 4 heteroatoms. The zero-order chi connectivity index (χ0) is 15.0. The van der Waals surface area contributed by atoms with Crippen LogP contribution in [0.4, 0.5) is 0 Å². The Hall–Kier alpha value is -2.62. The van der Waals surface area contributed by atoms with Crippen LogP contribution in [0.25, 0.3) is 22.3 Å². The summed E-state index contributed by atoms with van der Waals surface area (Å²) < 4.78 is 3.40. The topological polar surface area (TPSA) is 39.8 Å². The molecule has 0 aliphatic heterocycles. The summed E-state index contributed by atoms with van der Waals surface area (Å²) in [5, 5.41) is 4.40. The molecular weight excluding hydrogens is 262 g/mol. The van der Waals surface area contributed by atoms with Gasteiger partial charge in [0.2, 0.25) is 0 Å². The van der Waals surface area contributed by atoms with Gasteiger partial charge < -0.3 is 4.57 Å². The summed E-state index contributed by atoms with van der Waals surface area (Å²) in [6.45, 7) is 1.98. The number of aromatic nitrogens is 3. The van der Waals surface area contributed by atoms with Gasteiger partial charge in [-0.05, 0) is 18.1 Å². The van der Waals surface area contributed by atoms with Gasteiger partial charge in [-0.1, -0.05) is 30.3 Å². The maximum Gasteiger partial charge on any atom is 0.250 e. The van der Waals surface area contributed by atoms with Gasteiger partial charge in [0, 0.05) is 43.7 Å². The highest BCUT2D eigenvalue weighted by molar-refractivity contribution is 5.83. The van der Waals surface area contributed by atoms with Crippen molar-refractivity contribution in [1.29, 1.82) is 0 Å². The van der Waals surface area contributed by atoms with Crippen molar-refractivity contribution in [3.05, 3.63) is 64.8 Å². The first-order chi connectivity index (χ1) is 10.1. The number of rotatable bonds is 2. The molecular formula is C17H17N3O. The minimum absolute atomic E-state index is 0.0147. The molecule has 0 radical (unpaired) electrons. The third kappa shape index (κ3) is 2.40. The summed E-state index contributed by atoms with van der Waals surface area (Å²) in [5.74, 6) is 0. The fraction of sp³-hybridized carbons (Fsp3) is 0.176. The average molecular weight is 279 g/mol. The standard InChI is InChI=1S/C17H17N3O/c1-12-15(11-20(3)18-12)16-10-19(2)17(21)9-14(16)13-7-5-4-6-8-13/h4-11H,1-3H3. The smallest absolute Gasteiger partial charge is 0.250 e. The Labute approximate surface area is 123 Å². The van der Waals surface area contributed by atoms with Crippen molar-refractivity contribution in [3.8, 4) is 22.3 Å². The Morgan fingerprint density at radius 1 is 0.952 bits per heavy atom. The largest absolute Gasteiger partial charge is 0.318 e. The van der Waals surface area contributed by atoms with E-state index in [-0.39, 0.29) is 5.56 Å². The zero-order valence-corrected chi connectivity index (χ0v) is 12.4. The molecule has 0 unspecified atom stereocenters. The van der Waals surface area contributed by atoms with E-state index in [4.69, 9.17) is 0 Å². The molecule has 4 nitrogen and oxygen atoms in total. The summed E-state index contributed by atoms with van der Waals surface area (Å²) in [6, 6.07) is 11.7. The SMILES string of the molecule is Cc1nn(C)cc1-c1cn(C)c(=O)cc1-c1ccccc1. The van der Waals surface area contributed by atoms with Crippen LogP contribution in [-0.2, 0) is 14.1 Å². The molecule has 0 atom stereocenters.